The molecule has 1 aliphatic carbocycles. The Hall–Kier alpha value is -3.27. The summed E-state index contributed by atoms with van der Waals surface area (Å²) in [6.07, 6.45) is 5.84. The Morgan fingerprint density at radius 3 is 2.22 bits per heavy atom. The van der Waals surface area contributed by atoms with Crippen molar-refractivity contribution in [2.24, 2.45) is 0 Å². The molecule has 0 atom stereocenters. The van der Waals surface area contributed by atoms with Crippen LogP contribution in [0, 0.1) is 0 Å². The van der Waals surface area contributed by atoms with Gasteiger partial charge in [0.15, 0.2) is 0 Å². The molecule has 0 saturated heterocycles. The number of sulfonamides is 1. The van der Waals surface area contributed by atoms with Crippen LogP contribution in [0.3, 0.4) is 0 Å². The molecule has 9 nitrogen and oxygen atoms in total. The third-order valence-corrected chi connectivity index (χ3v) is 6.40. The lowest BCUT2D eigenvalue weighted by molar-refractivity contribution is 0.0204. The molecule has 1 aromatic heterocycles. The number of rotatable bonds is 7. The first-order chi connectivity index (χ1) is 15.3. The molecule has 0 unspecified atom stereocenters. The summed E-state index contributed by atoms with van der Waals surface area (Å²) in [6, 6.07) is 7.84. The molecule has 0 spiro atoms. The SMILES string of the molecule is CCNC(=O)c1ccc(S(=O)(=O)NC(=O)c2ccc(C(=O)OC3CCCCC3)nc2)cc1. The van der Waals surface area contributed by atoms with Gasteiger partial charge in [0.05, 0.1) is 10.5 Å². The number of nitrogens with zero attached hydrogens (tertiary/aromatic N) is 1. The van der Waals surface area contributed by atoms with Gasteiger partial charge in [0.1, 0.15) is 11.8 Å². The predicted octanol–water partition coefficient (Wildman–Crippen LogP) is 2.44. The normalized spacial score (nSPS) is 14.4. The molecule has 1 aliphatic rings. The van der Waals surface area contributed by atoms with Gasteiger partial charge < -0.3 is 10.1 Å². The second kappa shape index (κ2) is 10.4. The quantitative estimate of drug-likeness (QED) is 0.608. The van der Waals surface area contributed by atoms with Crippen LogP contribution in [0.15, 0.2) is 47.5 Å². The van der Waals surface area contributed by atoms with Gasteiger partial charge in [0.2, 0.25) is 0 Å². The minimum Gasteiger partial charge on any atom is -0.458 e. The number of esters is 1. The van der Waals surface area contributed by atoms with Crippen molar-refractivity contribution in [1.82, 2.24) is 15.0 Å². The van der Waals surface area contributed by atoms with Crippen molar-refractivity contribution in [3.05, 3.63) is 59.4 Å². The number of pyridine rings is 1. The molecular weight excluding hydrogens is 434 g/mol. The van der Waals surface area contributed by atoms with E-state index in [1.165, 1.54) is 36.4 Å². The average molecular weight is 460 g/mol. The maximum atomic E-state index is 12.5. The van der Waals surface area contributed by atoms with E-state index in [1.54, 1.807) is 6.92 Å². The zero-order chi connectivity index (χ0) is 23.1. The average Bonchev–Trinajstić information content (AvgIpc) is 2.80. The van der Waals surface area contributed by atoms with Crippen LogP contribution in [0.2, 0.25) is 0 Å². The number of carbonyl (C=O) groups excluding carboxylic acids is 3. The highest BCUT2D eigenvalue weighted by Gasteiger charge is 2.22. The number of amides is 2. The number of aromatic nitrogens is 1. The van der Waals surface area contributed by atoms with Crippen molar-refractivity contribution in [3.63, 3.8) is 0 Å². The molecule has 32 heavy (non-hydrogen) atoms. The Kier molecular flexibility index (Phi) is 7.57. The topological polar surface area (TPSA) is 132 Å². The van der Waals surface area contributed by atoms with Crippen molar-refractivity contribution in [2.45, 2.75) is 50.0 Å². The van der Waals surface area contributed by atoms with Gasteiger partial charge in [0, 0.05) is 18.3 Å². The van der Waals surface area contributed by atoms with Gasteiger partial charge in [-0.15, -0.1) is 0 Å². The first-order valence-electron chi connectivity index (χ1n) is 10.4. The molecule has 1 fully saturated rings. The van der Waals surface area contributed by atoms with Crippen molar-refractivity contribution >= 4 is 27.8 Å². The van der Waals surface area contributed by atoms with Gasteiger partial charge in [0.25, 0.3) is 21.8 Å². The summed E-state index contributed by atoms with van der Waals surface area (Å²) < 4.78 is 32.4. The van der Waals surface area contributed by atoms with Crippen LogP contribution in [-0.2, 0) is 14.8 Å². The minimum atomic E-state index is -4.16. The Balaban J connectivity index is 1.63. The minimum absolute atomic E-state index is 0.0262. The highest BCUT2D eigenvalue weighted by molar-refractivity contribution is 7.90. The number of hydrogen-bond acceptors (Lipinski definition) is 7. The van der Waals surface area contributed by atoms with Crippen LogP contribution < -0.4 is 10.0 Å². The zero-order valence-corrected chi connectivity index (χ0v) is 18.5. The fourth-order valence-corrected chi connectivity index (χ4v) is 4.31. The molecule has 1 heterocycles. The fraction of sp³-hybridized carbons (Fsp3) is 0.364. The molecular formula is C22H25N3O6S. The van der Waals surface area contributed by atoms with E-state index >= 15 is 0 Å². The summed E-state index contributed by atoms with van der Waals surface area (Å²) in [6.45, 7) is 2.22. The first kappa shape index (κ1) is 23.4. The van der Waals surface area contributed by atoms with E-state index in [0.717, 1.165) is 38.3 Å². The lowest BCUT2D eigenvalue weighted by Gasteiger charge is -2.21. The maximum Gasteiger partial charge on any atom is 0.357 e. The van der Waals surface area contributed by atoms with E-state index in [9.17, 15) is 22.8 Å². The summed E-state index contributed by atoms with van der Waals surface area (Å²) >= 11 is 0. The molecule has 3 rings (SSSR count). The van der Waals surface area contributed by atoms with Crippen LogP contribution in [0.4, 0.5) is 0 Å². The second-order valence-electron chi connectivity index (χ2n) is 7.42. The van der Waals surface area contributed by atoms with E-state index in [0.29, 0.717) is 12.1 Å². The molecule has 10 heteroatoms. The molecule has 1 saturated carbocycles. The molecule has 2 amide bonds. The van der Waals surface area contributed by atoms with Crippen molar-refractivity contribution in [2.75, 3.05) is 6.54 Å². The Morgan fingerprint density at radius 1 is 0.969 bits per heavy atom. The molecule has 1 aromatic carbocycles. The van der Waals surface area contributed by atoms with Crippen LogP contribution in [0.25, 0.3) is 0 Å². The van der Waals surface area contributed by atoms with Gasteiger partial charge in [-0.2, -0.15) is 0 Å². The largest absolute Gasteiger partial charge is 0.458 e. The number of ether oxygens (including phenoxy) is 1. The number of benzene rings is 1. The van der Waals surface area contributed by atoms with E-state index < -0.39 is 21.9 Å². The Bertz CT molecular complexity index is 1080. The molecule has 2 aromatic rings. The fourth-order valence-electron chi connectivity index (χ4n) is 3.33. The van der Waals surface area contributed by atoms with Crippen molar-refractivity contribution in [3.8, 4) is 0 Å². The molecule has 0 radical (unpaired) electrons. The van der Waals surface area contributed by atoms with Crippen LogP contribution in [0.1, 0.15) is 70.2 Å². The standard InChI is InChI=1S/C22H25N3O6S/c1-2-23-20(26)15-8-11-18(12-9-15)32(29,30)25-21(27)16-10-13-19(24-14-16)22(28)31-17-6-4-3-5-7-17/h8-14,17H,2-7H2,1H3,(H,23,26)(H,25,27). The smallest absolute Gasteiger partial charge is 0.357 e. The highest BCUT2D eigenvalue weighted by atomic mass is 32.2. The summed E-state index contributed by atoms with van der Waals surface area (Å²) in [5.74, 6) is -1.78. The van der Waals surface area contributed by atoms with Crippen molar-refractivity contribution in [1.29, 1.82) is 0 Å². The molecule has 0 bridgehead atoms. The van der Waals surface area contributed by atoms with Gasteiger partial charge >= 0.3 is 5.97 Å². The summed E-state index contributed by atoms with van der Waals surface area (Å²) in [5.41, 5.74) is 0.328. The Morgan fingerprint density at radius 2 is 1.62 bits per heavy atom. The zero-order valence-electron chi connectivity index (χ0n) is 17.7. The first-order valence-corrected chi connectivity index (χ1v) is 11.9. The third-order valence-electron chi connectivity index (χ3n) is 5.05. The molecule has 0 aliphatic heterocycles. The van der Waals surface area contributed by atoms with Gasteiger partial charge in [-0.05, 0) is 69.0 Å². The number of hydrogen-bond donors (Lipinski definition) is 2. The number of carbonyl (C=O) groups is 3. The van der Waals surface area contributed by atoms with E-state index in [4.69, 9.17) is 4.74 Å². The maximum absolute atomic E-state index is 12.5. The Labute approximate surface area is 186 Å². The van der Waals surface area contributed by atoms with Crippen LogP contribution >= 0.6 is 0 Å². The summed E-state index contributed by atoms with van der Waals surface area (Å²) in [7, 11) is -4.16. The van der Waals surface area contributed by atoms with E-state index in [1.807, 2.05) is 4.72 Å². The highest BCUT2D eigenvalue weighted by Crippen LogP contribution is 2.21. The van der Waals surface area contributed by atoms with Gasteiger partial charge in [-0.3, -0.25) is 9.59 Å². The van der Waals surface area contributed by atoms with E-state index in [-0.39, 0.29) is 28.2 Å². The lowest BCUT2D eigenvalue weighted by Crippen LogP contribution is -2.31. The predicted molar refractivity (Wildman–Crippen MR) is 116 cm³/mol. The monoisotopic (exact) mass is 459 g/mol. The van der Waals surface area contributed by atoms with Crippen LogP contribution in [-0.4, -0.2) is 43.8 Å². The molecule has 170 valence electrons. The van der Waals surface area contributed by atoms with Gasteiger partial charge in [-0.25, -0.2) is 22.9 Å². The third kappa shape index (κ3) is 5.91. The lowest BCUT2D eigenvalue weighted by atomic mass is 9.98. The molecule has 2 N–H and O–H groups in total. The van der Waals surface area contributed by atoms with Crippen LogP contribution in [0.5, 0.6) is 0 Å². The summed E-state index contributed by atoms with van der Waals surface area (Å²) in [5, 5.41) is 2.61. The van der Waals surface area contributed by atoms with Crippen molar-refractivity contribution < 1.29 is 27.5 Å². The second-order valence-corrected chi connectivity index (χ2v) is 9.10. The number of nitrogens with one attached hydrogen (secondary N) is 2. The summed E-state index contributed by atoms with van der Waals surface area (Å²) in [4.78, 5) is 40.2. The van der Waals surface area contributed by atoms with Gasteiger partial charge in [-0.1, -0.05) is 6.42 Å². The van der Waals surface area contributed by atoms with E-state index in [2.05, 4.69) is 10.3 Å².